The van der Waals surface area contributed by atoms with E-state index >= 15 is 0 Å². The topological polar surface area (TPSA) is 64.3 Å². The van der Waals surface area contributed by atoms with Crippen LogP contribution in [0.3, 0.4) is 0 Å². The molecule has 0 aliphatic heterocycles. The summed E-state index contributed by atoms with van der Waals surface area (Å²) < 4.78 is 5.78. The van der Waals surface area contributed by atoms with Gasteiger partial charge in [-0.3, -0.25) is 4.79 Å². The number of benzene rings is 1. The van der Waals surface area contributed by atoms with E-state index in [0.29, 0.717) is 12.5 Å². The lowest BCUT2D eigenvalue weighted by Crippen LogP contribution is -2.51. The van der Waals surface area contributed by atoms with Crippen molar-refractivity contribution >= 4 is 11.6 Å². The number of ether oxygens (including phenoxy) is 1. The summed E-state index contributed by atoms with van der Waals surface area (Å²) >= 11 is 0. The van der Waals surface area contributed by atoms with Crippen LogP contribution >= 0.6 is 0 Å². The van der Waals surface area contributed by atoms with Crippen LogP contribution in [0.1, 0.15) is 40.0 Å². The average Bonchev–Trinajstić information content (AvgIpc) is 2.43. The highest BCUT2D eigenvalue weighted by Crippen LogP contribution is 2.45. The van der Waals surface area contributed by atoms with Crippen molar-refractivity contribution in [3.63, 3.8) is 0 Å². The van der Waals surface area contributed by atoms with Crippen molar-refractivity contribution in [1.29, 1.82) is 0 Å². The van der Waals surface area contributed by atoms with Crippen molar-refractivity contribution in [1.82, 2.24) is 0 Å². The number of nitrogens with one attached hydrogen (secondary N) is 1. The Hall–Kier alpha value is -1.55. The standard InChI is InChI=1S/C17H26N2O2/c1-4-13(3)21-15-7-5-6-14(8-15)19-16(20)17(11-18)9-12(2)10-17/h5-8,12-13H,4,9-11,18H2,1-3H3,(H,19,20). The Kier molecular flexibility index (Phi) is 4.88. The highest BCUT2D eigenvalue weighted by Gasteiger charge is 2.47. The number of hydrogen-bond donors (Lipinski definition) is 2. The van der Waals surface area contributed by atoms with E-state index in [9.17, 15) is 4.79 Å². The van der Waals surface area contributed by atoms with Gasteiger partial charge in [0.05, 0.1) is 11.5 Å². The van der Waals surface area contributed by atoms with Crippen LogP contribution < -0.4 is 15.8 Å². The van der Waals surface area contributed by atoms with Gasteiger partial charge in [-0.1, -0.05) is 19.9 Å². The van der Waals surface area contributed by atoms with Gasteiger partial charge in [-0.05, 0) is 44.2 Å². The Bertz CT molecular complexity index is 495. The molecule has 21 heavy (non-hydrogen) atoms. The van der Waals surface area contributed by atoms with Crippen LogP contribution in [-0.4, -0.2) is 18.6 Å². The summed E-state index contributed by atoms with van der Waals surface area (Å²) in [5.74, 6) is 1.40. The van der Waals surface area contributed by atoms with E-state index in [-0.39, 0.29) is 17.4 Å². The van der Waals surface area contributed by atoms with E-state index in [0.717, 1.165) is 30.7 Å². The molecule has 0 heterocycles. The van der Waals surface area contributed by atoms with Crippen molar-refractivity contribution in [3.8, 4) is 5.75 Å². The minimum absolute atomic E-state index is 0.0313. The highest BCUT2D eigenvalue weighted by atomic mass is 16.5. The summed E-state index contributed by atoms with van der Waals surface area (Å²) in [5.41, 5.74) is 6.20. The number of amides is 1. The Morgan fingerprint density at radius 1 is 1.52 bits per heavy atom. The first-order valence-corrected chi connectivity index (χ1v) is 7.77. The number of anilines is 1. The van der Waals surface area contributed by atoms with E-state index in [2.05, 4.69) is 19.2 Å². The zero-order valence-corrected chi connectivity index (χ0v) is 13.2. The third-order valence-corrected chi connectivity index (χ3v) is 4.35. The molecule has 2 rings (SSSR count). The Labute approximate surface area is 127 Å². The maximum Gasteiger partial charge on any atom is 0.231 e. The zero-order chi connectivity index (χ0) is 15.5. The van der Waals surface area contributed by atoms with Gasteiger partial charge in [0.2, 0.25) is 5.91 Å². The second-order valence-corrected chi connectivity index (χ2v) is 6.32. The summed E-state index contributed by atoms with van der Waals surface area (Å²) in [5, 5.41) is 2.99. The highest BCUT2D eigenvalue weighted by molar-refractivity contribution is 5.96. The maximum absolute atomic E-state index is 12.5. The van der Waals surface area contributed by atoms with Crippen LogP contribution in [0.5, 0.6) is 5.75 Å². The third kappa shape index (κ3) is 3.56. The van der Waals surface area contributed by atoms with E-state index in [1.165, 1.54) is 0 Å². The monoisotopic (exact) mass is 290 g/mol. The second-order valence-electron chi connectivity index (χ2n) is 6.32. The summed E-state index contributed by atoms with van der Waals surface area (Å²) in [6.45, 7) is 6.68. The second kappa shape index (κ2) is 6.48. The van der Waals surface area contributed by atoms with Crippen LogP contribution in [0.2, 0.25) is 0 Å². The van der Waals surface area contributed by atoms with Gasteiger partial charge in [0, 0.05) is 18.3 Å². The van der Waals surface area contributed by atoms with Gasteiger partial charge in [-0.2, -0.15) is 0 Å². The normalized spacial score (nSPS) is 25.8. The molecule has 1 aliphatic rings. The first-order valence-electron chi connectivity index (χ1n) is 7.77. The molecule has 0 saturated heterocycles. The van der Waals surface area contributed by atoms with Gasteiger partial charge in [0.15, 0.2) is 0 Å². The van der Waals surface area contributed by atoms with E-state index in [1.807, 2.05) is 31.2 Å². The molecule has 116 valence electrons. The first-order chi connectivity index (χ1) is 9.99. The number of carbonyl (C=O) groups is 1. The maximum atomic E-state index is 12.5. The minimum Gasteiger partial charge on any atom is -0.491 e. The quantitative estimate of drug-likeness (QED) is 0.845. The molecule has 4 heteroatoms. The molecule has 0 aromatic heterocycles. The number of rotatable bonds is 6. The minimum atomic E-state index is -0.382. The van der Waals surface area contributed by atoms with Gasteiger partial charge in [-0.25, -0.2) is 0 Å². The molecular formula is C17H26N2O2. The lowest BCUT2D eigenvalue weighted by atomic mass is 9.62. The zero-order valence-electron chi connectivity index (χ0n) is 13.2. The van der Waals surface area contributed by atoms with Crippen molar-refractivity contribution < 1.29 is 9.53 Å². The fourth-order valence-electron chi connectivity index (χ4n) is 2.95. The van der Waals surface area contributed by atoms with Gasteiger partial charge in [0.25, 0.3) is 0 Å². The molecule has 1 aliphatic carbocycles. The predicted octanol–water partition coefficient (Wildman–Crippen LogP) is 3.18. The molecule has 4 nitrogen and oxygen atoms in total. The van der Waals surface area contributed by atoms with E-state index in [1.54, 1.807) is 0 Å². The number of nitrogens with two attached hydrogens (primary N) is 1. The Balaban J connectivity index is 2.02. The Morgan fingerprint density at radius 2 is 2.24 bits per heavy atom. The summed E-state index contributed by atoms with van der Waals surface area (Å²) in [6, 6.07) is 7.56. The molecule has 1 aromatic carbocycles. The summed E-state index contributed by atoms with van der Waals surface area (Å²) in [4.78, 5) is 12.5. The van der Waals surface area contributed by atoms with Crippen molar-refractivity contribution in [2.24, 2.45) is 17.1 Å². The molecule has 0 radical (unpaired) electrons. The average molecular weight is 290 g/mol. The largest absolute Gasteiger partial charge is 0.491 e. The van der Waals surface area contributed by atoms with Crippen LogP contribution in [-0.2, 0) is 4.79 Å². The molecule has 3 N–H and O–H groups in total. The predicted molar refractivity (Wildman–Crippen MR) is 85.3 cm³/mol. The van der Waals surface area contributed by atoms with Gasteiger partial charge in [-0.15, -0.1) is 0 Å². The van der Waals surface area contributed by atoms with Crippen molar-refractivity contribution in [2.75, 3.05) is 11.9 Å². The molecule has 1 aromatic rings. The lowest BCUT2D eigenvalue weighted by Gasteiger charge is -2.44. The third-order valence-electron chi connectivity index (χ3n) is 4.35. The summed E-state index contributed by atoms with van der Waals surface area (Å²) in [6.07, 6.45) is 2.86. The molecule has 0 spiro atoms. The van der Waals surface area contributed by atoms with Gasteiger partial charge >= 0.3 is 0 Å². The summed E-state index contributed by atoms with van der Waals surface area (Å²) in [7, 11) is 0. The molecule has 1 saturated carbocycles. The molecule has 1 amide bonds. The fourth-order valence-corrected chi connectivity index (χ4v) is 2.95. The van der Waals surface area contributed by atoms with Crippen LogP contribution in [0.15, 0.2) is 24.3 Å². The van der Waals surface area contributed by atoms with E-state index < -0.39 is 0 Å². The van der Waals surface area contributed by atoms with Gasteiger partial charge in [0.1, 0.15) is 5.75 Å². The van der Waals surface area contributed by atoms with Crippen molar-refractivity contribution in [2.45, 2.75) is 46.1 Å². The fraction of sp³-hybridized carbons (Fsp3) is 0.588. The van der Waals surface area contributed by atoms with Gasteiger partial charge < -0.3 is 15.8 Å². The van der Waals surface area contributed by atoms with Crippen molar-refractivity contribution in [3.05, 3.63) is 24.3 Å². The number of carbonyl (C=O) groups excluding carboxylic acids is 1. The van der Waals surface area contributed by atoms with Crippen LogP contribution in [0.25, 0.3) is 0 Å². The Morgan fingerprint density at radius 3 is 2.81 bits per heavy atom. The first kappa shape index (κ1) is 15.8. The molecule has 1 fully saturated rings. The number of hydrogen-bond acceptors (Lipinski definition) is 3. The molecule has 0 bridgehead atoms. The SMILES string of the molecule is CCC(C)Oc1cccc(NC(=O)C2(CN)CC(C)C2)c1. The van der Waals surface area contributed by atoms with Crippen LogP contribution in [0, 0.1) is 11.3 Å². The molecular weight excluding hydrogens is 264 g/mol. The lowest BCUT2D eigenvalue weighted by molar-refractivity contribution is -0.132. The molecule has 1 atom stereocenters. The van der Waals surface area contributed by atoms with E-state index in [4.69, 9.17) is 10.5 Å². The smallest absolute Gasteiger partial charge is 0.231 e. The van der Waals surface area contributed by atoms with Crippen LogP contribution in [0.4, 0.5) is 5.69 Å². The molecule has 1 unspecified atom stereocenters.